The lowest BCUT2D eigenvalue weighted by Gasteiger charge is -2.21. The van der Waals surface area contributed by atoms with E-state index in [0.29, 0.717) is 17.2 Å². The van der Waals surface area contributed by atoms with Crippen molar-refractivity contribution in [1.29, 1.82) is 0 Å². The topological polar surface area (TPSA) is 74.2 Å². The third-order valence-electron chi connectivity index (χ3n) is 4.52. The largest absolute Gasteiger partial charge is 0.507 e. The lowest BCUT2D eigenvalue weighted by Crippen LogP contribution is -2.24. The van der Waals surface area contributed by atoms with Gasteiger partial charge >= 0.3 is 0 Å². The Hall–Kier alpha value is -2.54. The third-order valence-corrected chi connectivity index (χ3v) is 5.14. The number of carbonyl (C=O) groups is 1. The smallest absolute Gasteiger partial charge is 0.277 e. The highest BCUT2D eigenvalue weighted by Gasteiger charge is 2.08. The van der Waals surface area contributed by atoms with Crippen molar-refractivity contribution in [3.8, 4) is 11.5 Å². The summed E-state index contributed by atoms with van der Waals surface area (Å²) in [6.45, 7) is 9.90. The number of aromatic hydroxyl groups is 1. The van der Waals surface area contributed by atoms with Gasteiger partial charge in [-0.05, 0) is 65.5 Å². The molecule has 0 spiro atoms. The molecule has 0 aliphatic heterocycles. The lowest BCUT2D eigenvalue weighted by molar-refractivity contribution is -0.123. The second kappa shape index (κ2) is 10.9. The molecule has 0 atom stereocenters. The number of halogens is 1. The fraction of sp³-hybridized carbons (Fsp3) is 0.364. The number of hydrogen-bond donors (Lipinski definition) is 2. The van der Waals surface area contributed by atoms with Crippen LogP contribution < -0.4 is 15.1 Å². The average molecular weight is 462 g/mol. The van der Waals surface area contributed by atoms with E-state index < -0.39 is 0 Å². The zero-order valence-electron chi connectivity index (χ0n) is 17.3. The van der Waals surface area contributed by atoms with E-state index in [1.807, 2.05) is 24.3 Å². The Morgan fingerprint density at radius 2 is 1.97 bits per heavy atom. The molecule has 0 heterocycles. The standard InChI is InChI=1S/C22H28BrN3O3/c1-5-26(6-2)18-9-7-17(20(27)12-18)13-24-25-22(28)14-29-21-10-8-16(15(3)4)11-19(21)23/h7-13,15,27H,5-6,14H2,1-4H3,(H,25,28). The fourth-order valence-corrected chi connectivity index (χ4v) is 3.28. The van der Waals surface area contributed by atoms with Crippen LogP contribution in [0.15, 0.2) is 46.0 Å². The minimum absolute atomic E-state index is 0.109. The Morgan fingerprint density at radius 3 is 2.55 bits per heavy atom. The third kappa shape index (κ3) is 6.49. The van der Waals surface area contributed by atoms with Gasteiger partial charge in [-0.15, -0.1) is 0 Å². The zero-order chi connectivity index (χ0) is 21.4. The highest BCUT2D eigenvalue weighted by atomic mass is 79.9. The molecule has 2 rings (SSSR count). The number of nitrogens with one attached hydrogen (secondary N) is 1. The predicted molar refractivity (Wildman–Crippen MR) is 121 cm³/mol. The maximum absolute atomic E-state index is 12.0. The second-order valence-electron chi connectivity index (χ2n) is 6.84. The number of nitrogens with zero attached hydrogens (tertiary/aromatic N) is 2. The van der Waals surface area contributed by atoms with Crippen molar-refractivity contribution in [2.45, 2.75) is 33.6 Å². The van der Waals surface area contributed by atoms with Crippen molar-refractivity contribution in [3.05, 3.63) is 52.0 Å². The van der Waals surface area contributed by atoms with Gasteiger partial charge in [0.25, 0.3) is 5.91 Å². The number of anilines is 1. The van der Waals surface area contributed by atoms with Gasteiger partial charge in [-0.2, -0.15) is 5.10 Å². The molecule has 2 aromatic rings. The number of ether oxygens (including phenoxy) is 1. The van der Waals surface area contributed by atoms with E-state index in [-0.39, 0.29) is 18.3 Å². The molecule has 0 saturated carbocycles. The second-order valence-corrected chi connectivity index (χ2v) is 7.70. The normalized spacial score (nSPS) is 11.1. The number of phenolic OH excluding ortho intramolecular Hbond substituents is 1. The molecule has 0 aliphatic carbocycles. The van der Waals surface area contributed by atoms with Crippen molar-refractivity contribution >= 4 is 33.7 Å². The molecular formula is C22H28BrN3O3. The summed E-state index contributed by atoms with van der Waals surface area (Å²) < 4.78 is 6.34. The fourth-order valence-electron chi connectivity index (χ4n) is 2.77. The quantitative estimate of drug-likeness (QED) is 0.420. The molecule has 2 N–H and O–H groups in total. The van der Waals surface area contributed by atoms with E-state index in [2.05, 4.69) is 59.1 Å². The molecular weight excluding hydrogens is 434 g/mol. The van der Waals surface area contributed by atoms with Gasteiger partial charge in [0.2, 0.25) is 0 Å². The van der Waals surface area contributed by atoms with E-state index in [1.54, 1.807) is 12.1 Å². The summed E-state index contributed by atoms with van der Waals surface area (Å²) in [5, 5.41) is 14.1. The van der Waals surface area contributed by atoms with Crippen LogP contribution in [0.2, 0.25) is 0 Å². The molecule has 6 nitrogen and oxygen atoms in total. The van der Waals surface area contributed by atoms with Gasteiger partial charge in [0.15, 0.2) is 6.61 Å². The van der Waals surface area contributed by atoms with Crippen molar-refractivity contribution in [2.24, 2.45) is 5.10 Å². The first-order chi connectivity index (χ1) is 13.8. The van der Waals surface area contributed by atoms with E-state index in [0.717, 1.165) is 23.2 Å². The van der Waals surface area contributed by atoms with Gasteiger partial charge in [0, 0.05) is 30.4 Å². The number of phenols is 1. The molecule has 0 radical (unpaired) electrons. The van der Waals surface area contributed by atoms with Gasteiger partial charge in [0.05, 0.1) is 10.7 Å². The van der Waals surface area contributed by atoms with Gasteiger partial charge in [-0.3, -0.25) is 4.79 Å². The summed E-state index contributed by atoms with van der Waals surface area (Å²) in [4.78, 5) is 14.1. The highest BCUT2D eigenvalue weighted by Crippen LogP contribution is 2.29. The summed E-state index contributed by atoms with van der Waals surface area (Å²) in [7, 11) is 0. The van der Waals surface area contributed by atoms with Gasteiger partial charge in [0.1, 0.15) is 11.5 Å². The highest BCUT2D eigenvalue weighted by molar-refractivity contribution is 9.10. The van der Waals surface area contributed by atoms with Crippen LogP contribution in [-0.4, -0.2) is 36.9 Å². The molecule has 29 heavy (non-hydrogen) atoms. The number of benzene rings is 2. The maximum atomic E-state index is 12.0. The lowest BCUT2D eigenvalue weighted by atomic mass is 10.0. The molecule has 0 aromatic heterocycles. The Bertz CT molecular complexity index is 864. The molecule has 0 unspecified atom stereocenters. The molecule has 156 valence electrons. The van der Waals surface area contributed by atoms with Crippen LogP contribution in [-0.2, 0) is 4.79 Å². The van der Waals surface area contributed by atoms with E-state index in [1.165, 1.54) is 11.8 Å². The zero-order valence-corrected chi connectivity index (χ0v) is 18.9. The Balaban J connectivity index is 1.90. The van der Waals surface area contributed by atoms with Crippen molar-refractivity contribution < 1.29 is 14.6 Å². The SMILES string of the molecule is CCN(CC)c1ccc(C=NNC(=O)COc2ccc(C(C)C)cc2Br)c(O)c1. The molecule has 2 aromatic carbocycles. The number of carbonyl (C=O) groups excluding carboxylic acids is 1. The monoisotopic (exact) mass is 461 g/mol. The van der Waals surface area contributed by atoms with E-state index in [9.17, 15) is 9.90 Å². The average Bonchev–Trinajstić information content (AvgIpc) is 2.69. The summed E-state index contributed by atoms with van der Waals surface area (Å²) in [5.74, 6) is 0.729. The van der Waals surface area contributed by atoms with Crippen LogP contribution >= 0.6 is 15.9 Å². The number of hydrazone groups is 1. The minimum Gasteiger partial charge on any atom is -0.507 e. The molecule has 0 fully saturated rings. The summed E-state index contributed by atoms with van der Waals surface area (Å²) >= 11 is 3.47. The van der Waals surface area contributed by atoms with E-state index >= 15 is 0 Å². The Kier molecular flexibility index (Phi) is 8.51. The first-order valence-corrected chi connectivity index (χ1v) is 10.5. The van der Waals surface area contributed by atoms with Crippen LogP contribution in [0.25, 0.3) is 0 Å². The molecule has 7 heteroatoms. The van der Waals surface area contributed by atoms with E-state index in [4.69, 9.17) is 4.74 Å². The van der Waals surface area contributed by atoms with Crippen LogP contribution in [0.5, 0.6) is 11.5 Å². The van der Waals surface area contributed by atoms with Crippen molar-refractivity contribution in [3.63, 3.8) is 0 Å². The first kappa shape index (κ1) is 22.7. The van der Waals surface area contributed by atoms with Crippen molar-refractivity contribution in [2.75, 3.05) is 24.6 Å². The number of hydrogen-bond acceptors (Lipinski definition) is 5. The van der Waals surface area contributed by atoms with Crippen LogP contribution in [0.1, 0.15) is 44.7 Å². The van der Waals surface area contributed by atoms with Crippen molar-refractivity contribution in [1.82, 2.24) is 5.43 Å². The molecule has 0 saturated heterocycles. The first-order valence-electron chi connectivity index (χ1n) is 9.67. The maximum Gasteiger partial charge on any atom is 0.277 e. The van der Waals surface area contributed by atoms with Gasteiger partial charge in [-0.1, -0.05) is 19.9 Å². The van der Waals surface area contributed by atoms with Gasteiger partial charge < -0.3 is 14.7 Å². The summed E-state index contributed by atoms with van der Waals surface area (Å²) in [6, 6.07) is 11.2. The summed E-state index contributed by atoms with van der Waals surface area (Å²) in [5.41, 5.74) is 5.05. The van der Waals surface area contributed by atoms with Crippen LogP contribution in [0, 0.1) is 0 Å². The Morgan fingerprint density at radius 1 is 1.24 bits per heavy atom. The minimum atomic E-state index is -0.389. The predicted octanol–water partition coefficient (Wildman–Crippen LogP) is 4.65. The number of rotatable bonds is 9. The Labute approximate surface area is 180 Å². The van der Waals surface area contributed by atoms with Crippen LogP contribution in [0.4, 0.5) is 5.69 Å². The number of amides is 1. The van der Waals surface area contributed by atoms with Gasteiger partial charge in [-0.25, -0.2) is 5.43 Å². The molecule has 1 amide bonds. The molecule has 0 aliphatic rings. The molecule has 0 bridgehead atoms. The summed E-state index contributed by atoms with van der Waals surface area (Å²) in [6.07, 6.45) is 1.41. The van der Waals surface area contributed by atoms with Crippen LogP contribution in [0.3, 0.4) is 0 Å².